The van der Waals surface area contributed by atoms with Crippen molar-refractivity contribution in [3.05, 3.63) is 78.1 Å². The highest BCUT2D eigenvalue weighted by Crippen LogP contribution is 2.31. The van der Waals surface area contributed by atoms with Crippen molar-refractivity contribution in [2.45, 2.75) is 18.9 Å². The molecule has 3 rings (SSSR count). The average Bonchev–Trinajstić information content (AvgIpc) is 2.56. The summed E-state index contributed by atoms with van der Waals surface area (Å²) in [6, 6.07) is 19.7. The highest BCUT2D eigenvalue weighted by molar-refractivity contribution is 5.83. The van der Waals surface area contributed by atoms with Crippen molar-refractivity contribution >= 4 is 10.8 Å². The van der Waals surface area contributed by atoms with Gasteiger partial charge in [-0.05, 0) is 47.1 Å². The second kappa shape index (κ2) is 6.06. The van der Waals surface area contributed by atoms with Gasteiger partial charge in [0.2, 0.25) is 0 Å². The third-order valence-corrected chi connectivity index (χ3v) is 4.18. The third-order valence-electron chi connectivity index (χ3n) is 4.18. The van der Waals surface area contributed by atoms with E-state index >= 15 is 0 Å². The lowest BCUT2D eigenvalue weighted by Crippen LogP contribution is -2.22. The molecular weight excluding hydrogens is 256 g/mol. The summed E-state index contributed by atoms with van der Waals surface area (Å²) >= 11 is 0. The molecule has 0 fully saturated rings. The van der Waals surface area contributed by atoms with E-state index in [9.17, 15) is 0 Å². The summed E-state index contributed by atoms with van der Waals surface area (Å²) in [6.45, 7) is 2.26. The first-order valence-electron chi connectivity index (χ1n) is 7.35. The van der Waals surface area contributed by atoms with Crippen LogP contribution in [0.3, 0.4) is 0 Å². The molecule has 21 heavy (non-hydrogen) atoms. The molecular formula is C19H20N2. The SMILES string of the molecule is CNC(c1ccc2ccccc2c1)C(C)c1ccncc1. The van der Waals surface area contributed by atoms with E-state index in [0.29, 0.717) is 5.92 Å². The summed E-state index contributed by atoms with van der Waals surface area (Å²) in [5, 5.41) is 6.03. The smallest absolute Gasteiger partial charge is 0.0384 e. The maximum atomic E-state index is 4.11. The molecule has 0 bridgehead atoms. The van der Waals surface area contributed by atoms with Gasteiger partial charge in [-0.1, -0.05) is 43.3 Å². The number of nitrogens with zero attached hydrogens (tertiary/aromatic N) is 1. The van der Waals surface area contributed by atoms with Gasteiger partial charge in [0.05, 0.1) is 0 Å². The van der Waals surface area contributed by atoms with E-state index in [1.807, 2.05) is 19.4 Å². The molecule has 2 heteroatoms. The zero-order valence-corrected chi connectivity index (χ0v) is 12.5. The number of rotatable bonds is 4. The Kier molecular flexibility index (Phi) is 3.98. The summed E-state index contributed by atoms with van der Waals surface area (Å²) in [7, 11) is 2.03. The summed E-state index contributed by atoms with van der Waals surface area (Å²) in [5.41, 5.74) is 2.62. The molecule has 0 saturated carbocycles. The number of fused-ring (bicyclic) bond motifs is 1. The van der Waals surface area contributed by atoms with E-state index in [-0.39, 0.29) is 6.04 Å². The molecule has 0 aliphatic rings. The fourth-order valence-electron chi connectivity index (χ4n) is 2.97. The van der Waals surface area contributed by atoms with Gasteiger partial charge >= 0.3 is 0 Å². The number of pyridine rings is 1. The van der Waals surface area contributed by atoms with Crippen LogP contribution in [-0.4, -0.2) is 12.0 Å². The minimum absolute atomic E-state index is 0.289. The molecule has 0 spiro atoms. The van der Waals surface area contributed by atoms with Crippen molar-refractivity contribution in [2.24, 2.45) is 0 Å². The molecule has 2 nitrogen and oxygen atoms in total. The van der Waals surface area contributed by atoms with Gasteiger partial charge in [0.25, 0.3) is 0 Å². The Morgan fingerprint density at radius 1 is 0.857 bits per heavy atom. The number of likely N-dealkylation sites (N-methyl/N-ethyl adjacent to an activating group) is 1. The Morgan fingerprint density at radius 3 is 2.29 bits per heavy atom. The van der Waals surface area contributed by atoms with E-state index in [2.05, 4.69) is 71.8 Å². The molecule has 1 aromatic heterocycles. The lowest BCUT2D eigenvalue weighted by Gasteiger charge is -2.24. The number of nitrogens with one attached hydrogen (secondary N) is 1. The summed E-state index contributed by atoms with van der Waals surface area (Å²) in [4.78, 5) is 4.11. The van der Waals surface area contributed by atoms with Gasteiger partial charge in [-0.2, -0.15) is 0 Å². The van der Waals surface area contributed by atoms with Crippen LogP contribution >= 0.6 is 0 Å². The molecule has 1 heterocycles. The largest absolute Gasteiger partial charge is 0.312 e. The molecule has 2 unspecified atom stereocenters. The van der Waals surface area contributed by atoms with Gasteiger partial charge in [0.15, 0.2) is 0 Å². The van der Waals surface area contributed by atoms with Gasteiger partial charge in [-0.25, -0.2) is 0 Å². The van der Waals surface area contributed by atoms with Crippen LogP contribution in [0.15, 0.2) is 67.0 Å². The van der Waals surface area contributed by atoms with Gasteiger partial charge in [0.1, 0.15) is 0 Å². The van der Waals surface area contributed by atoms with Gasteiger partial charge in [0, 0.05) is 24.4 Å². The van der Waals surface area contributed by atoms with E-state index in [1.54, 1.807) is 0 Å². The van der Waals surface area contributed by atoms with E-state index in [1.165, 1.54) is 21.9 Å². The van der Waals surface area contributed by atoms with Crippen LogP contribution in [0.5, 0.6) is 0 Å². The number of hydrogen-bond donors (Lipinski definition) is 1. The Morgan fingerprint density at radius 2 is 1.57 bits per heavy atom. The molecule has 106 valence electrons. The second-order valence-electron chi connectivity index (χ2n) is 5.44. The summed E-state index contributed by atoms with van der Waals surface area (Å²) < 4.78 is 0. The number of benzene rings is 2. The third kappa shape index (κ3) is 2.81. The molecule has 2 atom stereocenters. The first kappa shape index (κ1) is 13.8. The topological polar surface area (TPSA) is 24.9 Å². The van der Waals surface area contributed by atoms with Crippen molar-refractivity contribution in [3.63, 3.8) is 0 Å². The van der Waals surface area contributed by atoms with Gasteiger partial charge in [-0.15, -0.1) is 0 Å². The lowest BCUT2D eigenvalue weighted by molar-refractivity contribution is 0.508. The Balaban J connectivity index is 1.98. The number of hydrogen-bond acceptors (Lipinski definition) is 2. The lowest BCUT2D eigenvalue weighted by atomic mass is 9.88. The van der Waals surface area contributed by atoms with Crippen molar-refractivity contribution in [3.8, 4) is 0 Å². The zero-order chi connectivity index (χ0) is 14.7. The molecule has 3 aromatic rings. The highest BCUT2D eigenvalue weighted by atomic mass is 14.9. The molecule has 0 amide bonds. The van der Waals surface area contributed by atoms with Crippen molar-refractivity contribution in [1.29, 1.82) is 0 Å². The van der Waals surface area contributed by atoms with Crippen LogP contribution in [0.25, 0.3) is 10.8 Å². The predicted molar refractivity (Wildman–Crippen MR) is 88.4 cm³/mol. The summed E-state index contributed by atoms with van der Waals surface area (Å²) in [6.07, 6.45) is 3.72. The van der Waals surface area contributed by atoms with Crippen molar-refractivity contribution in [1.82, 2.24) is 10.3 Å². The van der Waals surface area contributed by atoms with Gasteiger partial charge in [-0.3, -0.25) is 4.98 Å². The standard InChI is InChI=1S/C19H20N2/c1-14(15-9-11-21-12-10-15)19(20-2)18-8-7-16-5-3-4-6-17(16)13-18/h3-14,19-20H,1-2H3. The minimum Gasteiger partial charge on any atom is -0.312 e. The average molecular weight is 276 g/mol. The second-order valence-corrected chi connectivity index (χ2v) is 5.44. The first-order valence-corrected chi connectivity index (χ1v) is 7.35. The molecule has 0 aliphatic heterocycles. The Hall–Kier alpha value is -2.19. The van der Waals surface area contributed by atoms with E-state index in [4.69, 9.17) is 0 Å². The molecule has 2 aromatic carbocycles. The summed E-state index contributed by atoms with van der Waals surface area (Å²) in [5.74, 6) is 0.388. The molecule has 1 N–H and O–H groups in total. The van der Waals surface area contributed by atoms with Crippen LogP contribution < -0.4 is 5.32 Å². The molecule has 0 radical (unpaired) electrons. The fraction of sp³-hybridized carbons (Fsp3) is 0.211. The van der Waals surface area contributed by atoms with E-state index in [0.717, 1.165) is 0 Å². The van der Waals surface area contributed by atoms with Gasteiger partial charge < -0.3 is 5.32 Å². The van der Waals surface area contributed by atoms with Crippen LogP contribution in [-0.2, 0) is 0 Å². The van der Waals surface area contributed by atoms with E-state index < -0.39 is 0 Å². The first-order chi connectivity index (χ1) is 10.3. The van der Waals surface area contributed by atoms with Crippen LogP contribution in [0.4, 0.5) is 0 Å². The minimum atomic E-state index is 0.289. The predicted octanol–water partition coefficient (Wildman–Crippen LogP) is 4.30. The quantitative estimate of drug-likeness (QED) is 0.768. The highest BCUT2D eigenvalue weighted by Gasteiger charge is 2.19. The maximum absolute atomic E-state index is 4.11. The number of aromatic nitrogens is 1. The van der Waals surface area contributed by atoms with Crippen molar-refractivity contribution in [2.75, 3.05) is 7.05 Å². The van der Waals surface area contributed by atoms with Crippen LogP contribution in [0, 0.1) is 0 Å². The zero-order valence-electron chi connectivity index (χ0n) is 12.5. The monoisotopic (exact) mass is 276 g/mol. The molecule has 0 saturated heterocycles. The Bertz CT molecular complexity index is 722. The maximum Gasteiger partial charge on any atom is 0.0384 e. The normalized spacial score (nSPS) is 14.0. The fourth-order valence-corrected chi connectivity index (χ4v) is 2.97. The van der Waals surface area contributed by atoms with Crippen LogP contribution in [0.2, 0.25) is 0 Å². The van der Waals surface area contributed by atoms with Crippen LogP contribution in [0.1, 0.15) is 30.0 Å². The van der Waals surface area contributed by atoms with Crippen molar-refractivity contribution < 1.29 is 0 Å². The molecule has 0 aliphatic carbocycles. The Labute approximate surface area is 125 Å².